The summed E-state index contributed by atoms with van der Waals surface area (Å²) < 4.78 is 13.5. The largest absolute Gasteiger partial charge is 0.358 e. The van der Waals surface area contributed by atoms with E-state index in [-0.39, 0.29) is 5.82 Å². The summed E-state index contributed by atoms with van der Waals surface area (Å²) in [5, 5.41) is 6.77. The molecule has 0 heterocycles. The van der Waals surface area contributed by atoms with Crippen LogP contribution in [-0.4, -0.2) is 5.11 Å². The first-order valence-corrected chi connectivity index (χ1v) is 6.82. The second-order valence-electron chi connectivity index (χ2n) is 4.72. The first kappa shape index (κ1) is 14.5. The van der Waals surface area contributed by atoms with Crippen molar-refractivity contribution in [3.63, 3.8) is 0 Å². The maximum Gasteiger partial charge on any atom is 0.171 e. The minimum atomic E-state index is -0.140. The van der Waals surface area contributed by atoms with E-state index in [1.807, 2.05) is 42.5 Å². The van der Waals surface area contributed by atoms with Gasteiger partial charge in [0.25, 0.3) is 0 Å². The first-order chi connectivity index (χ1) is 9.56. The molecule has 0 unspecified atom stereocenters. The second kappa shape index (κ2) is 6.48. The Morgan fingerprint density at radius 3 is 2.30 bits per heavy atom. The quantitative estimate of drug-likeness (QED) is 0.837. The molecule has 2 N–H and O–H groups in total. The molecule has 0 bridgehead atoms. The van der Waals surface area contributed by atoms with Crippen LogP contribution >= 0.6 is 12.2 Å². The summed E-state index contributed by atoms with van der Waals surface area (Å²) in [6.45, 7) is 4.11. The van der Waals surface area contributed by atoms with Crippen LogP contribution in [-0.2, 0) is 6.54 Å². The molecule has 0 aliphatic carbocycles. The summed E-state index contributed by atoms with van der Waals surface area (Å²) in [7, 11) is 0. The number of para-hydroxylation sites is 1. The van der Waals surface area contributed by atoms with Gasteiger partial charge in [-0.25, -0.2) is 4.39 Å². The van der Waals surface area contributed by atoms with Crippen molar-refractivity contribution in [2.24, 2.45) is 0 Å². The molecule has 0 atom stereocenters. The number of hydrogen-bond donors (Lipinski definition) is 2. The highest BCUT2D eigenvalue weighted by Crippen LogP contribution is 2.14. The Morgan fingerprint density at radius 2 is 1.70 bits per heavy atom. The van der Waals surface area contributed by atoms with Crippen LogP contribution in [0.1, 0.15) is 16.7 Å². The molecule has 0 amide bonds. The van der Waals surface area contributed by atoms with Gasteiger partial charge in [-0.2, -0.15) is 0 Å². The molecule has 2 aromatic carbocycles. The minimum Gasteiger partial charge on any atom is -0.358 e. The molecule has 0 fully saturated rings. The smallest absolute Gasteiger partial charge is 0.171 e. The fourth-order valence-electron chi connectivity index (χ4n) is 2.02. The summed E-state index contributed by atoms with van der Waals surface area (Å²) in [6, 6.07) is 13.4. The zero-order valence-electron chi connectivity index (χ0n) is 11.5. The van der Waals surface area contributed by atoms with Gasteiger partial charge in [-0.3, -0.25) is 0 Å². The third-order valence-electron chi connectivity index (χ3n) is 2.98. The number of rotatable bonds is 3. The lowest BCUT2D eigenvalue weighted by molar-refractivity contribution is 0.608. The third-order valence-corrected chi connectivity index (χ3v) is 3.23. The average molecular weight is 288 g/mol. The van der Waals surface area contributed by atoms with E-state index in [1.165, 1.54) is 0 Å². The molecular formula is C16H17FN2S. The van der Waals surface area contributed by atoms with Crippen LogP contribution in [0.3, 0.4) is 0 Å². The van der Waals surface area contributed by atoms with Crippen LogP contribution in [0.25, 0.3) is 0 Å². The summed E-state index contributed by atoms with van der Waals surface area (Å²) in [4.78, 5) is 0. The van der Waals surface area contributed by atoms with Crippen LogP contribution in [0.15, 0.2) is 42.5 Å². The highest BCUT2D eigenvalue weighted by molar-refractivity contribution is 7.80. The molecule has 0 aliphatic heterocycles. The van der Waals surface area contributed by atoms with Crippen molar-refractivity contribution in [2.75, 3.05) is 5.32 Å². The monoisotopic (exact) mass is 288 g/mol. The van der Waals surface area contributed by atoms with E-state index in [2.05, 4.69) is 10.6 Å². The molecule has 20 heavy (non-hydrogen) atoms. The van der Waals surface area contributed by atoms with E-state index in [4.69, 9.17) is 12.2 Å². The number of benzene rings is 2. The van der Waals surface area contributed by atoms with Crippen LogP contribution in [0.4, 0.5) is 10.1 Å². The predicted molar refractivity (Wildman–Crippen MR) is 85.4 cm³/mol. The highest BCUT2D eigenvalue weighted by Gasteiger charge is 2.04. The van der Waals surface area contributed by atoms with Crippen molar-refractivity contribution < 1.29 is 4.39 Å². The van der Waals surface area contributed by atoms with Gasteiger partial charge in [0.1, 0.15) is 5.82 Å². The Hall–Kier alpha value is -1.94. The van der Waals surface area contributed by atoms with Crippen molar-refractivity contribution in [1.29, 1.82) is 0 Å². The van der Waals surface area contributed by atoms with E-state index < -0.39 is 0 Å². The van der Waals surface area contributed by atoms with Gasteiger partial charge >= 0.3 is 0 Å². The summed E-state index contributed by atoms with van der Waals surface area (Å²) >= 11 is 5.23. The number of hydrogen-bond acceptors (Lipinski definition) is 1. The maximum atomic E-state index is 13.5. The molecule has 2 rings (SSSR count). The fourth-order valence-corrected chi connectivity index (χ4v) is 2.21. The van der Waals surface area contributed by atoms with Gasteiger partial charge in [0.2, 0.25) is 0 Å². The van der Waals surface area contributed by atoms with Gasteiger partial charge in [-0.05, 0) is 54.9 Å². The van der Waals surface area contributed by atoms with E-state index in [1.54, 1.807) is 13.8 Å². The van der Waals surface area contributed by atoms with Crippen molar-refractivity contribution >= 4 is 23.0 Å². The Kier molecular flexibility index (Phi) is 4.69. The average Bonchev–Trinajstić information content (AvgIpc) is 2.43. The molecule has 0 radical (unpaired) electrons. The molecule has 0 aromatic heterocycles. The topological polar surface area (TPSA) is 24.1 Å². The van der Waals surface area contributed by atoms with Crippen LogP contribution in [0.5, 0.6) is 0 Å². The summed E-state index contributed by atoms with van der Waals surface area (Å²) in [5.41, 5.74) is 3.27. The van der Waals surface area contributed by atoms with Crippen LogP contribution in [0, 0.1) is 19.7 Å². The van der Waals surface area contributed by atoms with Gasteiger partial charge < -0.3 is 10.6 Å². The lowest BCUT2D eigenvalue weighted by atomic mass is 10.1. The maximum absolute atomic E-state index is 13.5. The number of aryl methyl sites for hydroxylation is 2. The fraction of sp³-hybridized carbons (Fsp3) is 0.188. The predicted octanol–water partition coefficient (Wildman–Crippen LogP) is 3.93. The van der Waals surface area contributed by atoms with E-state index >= 15 is 0 Å². The Morgan fingerprint density at radius 1 is 1.10 bits per heavy atom. The van der Waals surface area contributed by atoms with Crippen molar-refractivity contribution in [2.45, 2.75) is 20.4 Å². The molecule has 4 heteroatoms. The number of thiocarbonyl (C=S) groups is 1. The molecule has 0 aliphatic rings. The lowest BCUT2D eigenvalue weighted by Gasteiger charge is -2.12. The zero-order chi connectivity index (χ0) is 14.5. The van der Waals surface area contributed by atoms with Gasteiger partial charge in [0.15, 0.2) is 5.11 Å². The van der Waals surface area contributed by atoms with Crippen molar-refractivity contribution in [1.82, 2.24) is 5.32 Å². The van der Waals surface area contributed by atoms with E-state index in [9.17, 15) is 4.39 Å². The summed E-state index contributed by atoms with van der Waals surface area (Å²) in [6.07, 6.45) is 0. The molecule has 0 saturated heterocycles. The number of nitrogens with one attached hydrogen (secondary N) is 2. The van der Waals surface area contributed by atoms with E-state index in [0.29, 0.717) is 22.8 Å². The summed E-state index contributed by atoms with van der Waals surface area (Å²) in [5.74, 6) is -0.140. The molecular weight excluding hydrogens is 271 g/mol. The van der Waals surface area contributed by atoms with Gasteiger partial charge in [0.05, 0.1) is 0 Å². The van der Waals surface area contributed by atoms with E-state index in [0.717, 1.165) is 11.3 Å². The molecule has 0 spiro atoms. The van der Waals surface area contributed by atoms with Crippen LogP contribution < -0.4 is 10.6 Å². The number of halogens is 1. The van der Waals surface area contributed by atoms with Crippen molar-refractivity contribution in [3.05, 3.63) is 65.0 Å². The normalized spacial score (nSPS) is 10.2. The molecule has 2 nitrogen and oxygen atoms in total. The first-order valence-electron chi connectivity index (χ1n) is 6.42. The zero-order valence-corrected chi connectivity index (χ0v) is 12.4. The molecule has 2 aromatic rings. The Labute approximate surface area is 124 Å². The van der Waals surface area contributed by atoms with Crippen molar-refractivity contribution in [3.8, 4) is 0 Å². The highest BCUT2D eigenvalue weighted by atomic mass is 32.1. The Balaban J connectivity index is 1.94. The Bertz CT molecular complexity index is 588. The SMILES string of the molecule is Cc1cc(CNC(=S)Nc2ccccc2)cc(C)c1F. The van der Waals surface area contributed by atoms with Gasteiger partial charge in [-0.15, -0.1) is 0 Å². The van der Waals surface area contributed by atoms with Gasteiger partial charge in [-0.1, -0.05) is 30.3 Å². The van der Waals surface area contributed by atoms with Crippen LogP contribution in [0.2, 0.25) is 0 Å². The standard InChI is InChI=1S/C16H17FN2S/c1-11-8-13(9-12(2)15(11)17)10-18-16(20)19-14-6-4-3-5-7-14/h3-9H,10H2,1-2H3,(H2,18,19,20). The molecule has 0 saturated carbocycles. The second-order valence-corrected chi connectivity index (χ2v) is 5.13. The third kappa shape index (κ3) is 3.78. The minimum absolute atomic E-state index is 0.140. The number of anilines is 1. The lowest BCUT2D eigenvalue weighted by Crippen LogP contribution is -2.27. The molecule has 104 valence electrons. The van der Waals surface area contributed by atoms with Gasteiger partial charge in [0, 0.05) is 12.2 Å².